The first-order valence-electron chi connectivity index (χ1n) is 2.06. The Morgan fingerprint density at radius 2 is 2.43 bits per heavy atom. The van der Waals surface area contributed by atoms with Crippen LogP contribution in [-0.2, 0) is 4.79 Å². The number of carbonyl (C=O) groups excluding carboxylic acids is 1. The Balaban J connectivity index is 3.00. The normalized spacial score (nSPS) is 8.29. The molecule has 0 aromatic heterocycles. The Hall–Kier alpha value is -0.570. The maximum absolute atomic E-state index is 10.2. The van der Waals surface area contributed by atoms with Gasteiger partial charge in [0.25, 0.3) is 0 Å². The van der Waals surface area contributed by atoms with Gasteiger partial charge in [-0.2, -0.15) is 0 Å². The zero-order chi connectivity index (χ0) is 5.70. The zero-order valence-corrected chi connectivity index (χ0v) is 4.32. The van der Waals surface area contributed by atoms with Gasteiger partial charge < -0.3 is 0 Å². The molecule has 0 aromatic rings. The van der Waals surface area contributed by atoms with Gasteiger partial charge in [0.1, 0.15) is 0 Å². The minimum atomic E-state index is -0.0949. The molecule has 3 nitrogen and oxygen atoms in total. The van der Waals surface area contributed by atoms with Crippen LogP contribution in [0.4, 0.5) is 0 Å². The van der Waals surface area contributed by atoms with Crippen LogP contribution in [0.1, 0.15) is 6.42 Å². The number of hydrogen-bond donors (Lipinski definition) is 2. The summed E-state index contributed by atoms with van der Waals surface area (Å²) in [6.07, 6.45) is 0.279. The largest absolute Gasteiger partial charge is 0.292 e. The third kappa shape index (κ3) is 3.26. The van der Waals surface area contributed by atoms with Crippen molar-refractivity contribution < 1.29 is 4.79 Å². The Bertz CT molecular complexity index is 62.7. The van der Waals surface area contributed by atoms with E-state index in [1.807, 2.05) is 0 Å². The maximum Gasteiger partial charge on any atom is 0.234 e. The van der Waals surface area contributed by atoms with E-state index >= 15 is 0 Å². The van der Waals surface area contributed by atoms with Crippen molar-refractivity contribution in [3.05, 3.63) is 6.92 Å². The molecule has 7 heavy (non-hydrogen) atoms. The molecule has 0 aliphatic carbocycles. The van der Waals surface area contributed by atoms with E-state index in [1.165, 1.54) is 0 Å². The van der Waals surface area contributed by atoms with E-state index in [-0.39, 0.29) is 12.3 Å². The van der Waals surface area contributed by atoms with Crippen molar-refractivity contribution in [3.63, 3.8) is 0 Å². The molecule has 1 amide bonds. The van der Waals surface area contributed by atoms with Crippen molar-refractivity contribution in [3.8, 4) is 0 Å². The van der Waals surface area contributed by atoms with Gasteiger partial charge in [-0.3, -0.25) is 10.2 Å². The fraction of sp³-hybridized carbons (Fsp3) is 0.500. The van der Waals surface area contributed by atoms with Crippen LogP contribution >= 0.6 is 0 Å². The molecular formula is C4H9N2O. The second-order valence-corrected chi connectivity index (χ2v) is 1.05. The second kappa shape index (κ2) is 3.61. The van der Waals surface area contributed by atoms with Crippen LogP contribution < -0.4 is 10.9 Å². The monoisotopic (exact) mass is 101 g/mol. The number of hydrogen-bond acceptors (Lipinski definition) is 2. The molecule has 0 heterocycles. The third-order valence-electron chi connectivity index (χ3n) is 0.491. The molecule has 0 atom stereocenters. The number of amides is 1. The van der Waals surface area contributed by atoms with Crippen LogP contribution in [0.15, 0.2) is 0 Å². The lowest BCUT2D eigenvalue weighted by atomic mass is 10.5. The van der Waals surface area contributed by atoms with E-state index in [0.29, 0.717) is 0 Å². The highest BCUT2D eigenvalue weighted by Crippen LogP contribution is 1.67. The van der Waals surface area contributed by atoms with Crippen molar-refractivity contribution in [2.45, 2.75) is 6.42 Å². The summed E-state index contributed by atoms with van der Waals surface area (Å²) in [6.45, 7) is 3.35. The van der Waals surface area contributed by atoms with Crippen LogP contribution in [0, 0.1) is 6.92 Å². The molecule has 1 radical (unpaired) electrons. The lowest BCUT2D eigenvalue weighted by Gasteiger charge is -1.95. The van der Waals surface area contributed by atoms with Crippen LogP contribution in [0.25, 0.3) is 0 Å². The van der Waals surface area contributed by atoms with Gasteiger partial charge in [0, 0.05) is 13.5 Å². The predicted octanol–water partition coefficient (Wildman–Crippen LogP) is -0.539. The Morgan fingerprint density at radius 1 is 1.86 bits per heavy atom. The van der Waals surface area contributed by atoms with Crippen molar-refractivity contribution in [1.29, 1.82) is 0 Å². The van der Waals surface area contributed by atoms with Crippen molar-refractivity contribution in [2.24, 2.45) is 0 Å². The van der Waals surface area contributed by atoms with Crippen LogP contribution in [-0.4, -0.2) is 13.0 Å². The Kier molecular flexibility index (Phi) is 3.32. The molecule has 0 bridgehead atoms. The molecule has 0 rings (SSSR count). The average Bonchev–Trinajstić information content (AvgIpc) is 1.68. The van der Waals surface area contributed by atoms with Gasteiger partial charge in [-0.05, 0) is 6.92 Å². The molecule has 0 aliphatic heterocycles. The summed E-state index contributed by atoms with van der Waals surface area (Å²) in [6, 6.07) is 0. The molecular weight excluding hydrogens is 92.1 g/mol. The van der Waals surface area contributed by atoms with Crippen molar-refractivity contribution in [2.75, 3.05) is 7.05 Å². The molecule has 3 heteroatoms. The highest BCUT2D eigenvalue weighted by molar-refractivity contribution is 5.75. The predicted molar refractivity (Wildman–Crippen MR) is 27.2 cm³/mol. The minimum absolute atomic E-state index is 0.0949. The van der Waals surface area contributed by atoms with E-state index in [2.05, 4.69) is 17.8 Å². The second-order valence-electron chi connectivity index (χ2n) is 1.05. The molecule has 0 aliphatic rings. The lowest BCUT2D eigenvalue weighted by Crippen LogP contribution is -2.33. The smallest absolute Gasteiger partial charge is 0.234 e. The van der Waals surface area contributed by atoms with Gasteiger partial charge in [-0.25, -0.2) is 5.43 Å². The van der Waals surface area contributed by atoms with Gasteiger partial charge in [0.15, 0.2) is 0 Å². The first-order chi connectivity index (χ1) is 3.31. The highest BCUT2D eigenvalue weighted by Gasteiger charge is 1.88. The molecule has 0 saturated heterocycles. The number of hydrazine groups is 1. The van der Waals surface area contributed by atoms with E-state index in [1.54, 1.807) is 7.05 Å². The highest BCUT2D eigenvalue weighted by atomic mass is 16.2. The molecule has 0 unspecified atom stereocenters. The molecule has 0 fully saturated rings. The summed E-state index contributed by atoms with van der Waals surface area (Å²) < 4.78 is 0. The number of rotatable bonds is 2. The van der Waals surface area contributed by atoms with Crippen molar-refractivity contribution in [1.82, 2.24) is 10.9 Å². The van der Waals surface area contributed by atoms with Crippen LogP contribution in [0.5, 0.6) is 0 Å². The SMILES string of the molecule is [CH2]CC(=O)NNC. The summed E-state index contributed by atoms with van der Waals surface area (Å²) in [7, 11) is 1.63. The minimum Gasteiger partial charge on any atom is -0.292 e. The molecule has 0 saturated carbocycles. The van der Waals surface area contributed by atoms with E-state index < -0.39 is 0 Å². The number of nitrogens with one attached hydrogen (secondary N) is 2. The first-order valence-corrected chi connectivity index (χ1v) is 2.06. The quantitative estimate of drug-likeness (QED) is 0.459. The molecule has 2 N–H and O–H groups in total. The van der Waals surface area contributed by atoms with E-state index in [9.17, 15) is 4.79 Å². The Labute approximate surface area is 43.1 Å². The van der Waals surface area contributed by atoms with Crippen LogP contribution in [0.2, 0.25) is 0 Å². The summed E-state index contributed by atoms with van der Waals surface area (Å²) in [5.74, 6) is -0.0949. The molecule has 0 aromatic carbocycles. The topological polar surface area (TPSA) is 41.1 Å². The zero-order valence-electron chi connectivity index (χ0n) is 4.32. The van der Waals surface area contributed by atoms with Crippen LogP contribution in [0.3, 0.4) is 0 Å². The lowest BCUT2D eigenvalue weighted by molar-refractivity contribution is -0.121. The van der Waals surface area contributed by atoms with Gasteiger partial charge in [-0.1, -0.05) is 0 Å². The molecule has 41 valence electrons. The maximum atomic E-state index is 10.2. The van der Waals surface area contributed by atoms with Gasteiger partial charge in [0.05, 0.1) is 0 Å². The summed E-state index contributed by atoms with van der Waals surface area (Å²) >= 11 is 0. The fourth-order valence-corrected chi connectivity index (χ4v) is 0.202. The van der Waals surface area contributed by atoms with Gasteiger partial charge >= 0.3 is 0 Å². The summed E-state index contributed by atoms with van der Waals surface area (Å²) in [5.41, 5.74) is 4.82. The summed E-state index contributed by atoms with van der Waals surface area (Å²) in [4.78, 5) is 10.2. The molecule has 0 spiro atoms. The average molecular weight is 101 g/mol. The third-order valence-corrected chi connectivity index (χ3v) is 0.491. The van der Waals surface area contributed by atoms with Crippen molar-refractivity contribution >= 4 is 5.91 Å². The van der Waals surface area contributed by atoms with E-state index in [4.69, 9.17) is 0 Å². The standard InChI is InChI=1S/C4H9N2O/c1-3-4(7)6-5-2/h5H,1,3H2,2H3,(H,6,7). The van der Waals surface area contributed by atoms with Gasteiger partial charge in [-0.15, -0.1) is 0 Å². The Morgan fingerprint density at radius 3 is 2.57 bits per heavy atom. The summed E-state index contributed by atoms with van der Waals surface area (Å²) in [5, 5.41) is 0. The van der Waals surface area contributed by atoms with Gasteiger partial charge in [0.2, 0.25) is 5.91 Å². The van der Waals surface area contributed by atoms with E-state index in [0.717, 1.165) is 0 Å². The fourth-order valence-electron chi connectivity index (χ4n) is 0.202. The first kappa shape index (κ1) is 6.43. The number of carbonyl (C=O) groups is 1.